The number of hydrogen-bond acceptors (Lipinski definition) is 0. The van der Waals surface area contributed by atoms with E-state index in [1.807, 2.05) is 0 Å². The van der Waals surface area contributed by atoms with Crippen molar-refractivity contribution < 1.29 is 0 Å². The maximum absolute atomic E-state index is 4.09. The molecule has 78 valence electrons. The molecule has 1 heterocycles. The number of aromatic amines is 1. The van der Waals surface area contributed by atoms with E-state index in [-0.39, 0.29) is 0 Å². The van der Waals surface area contributed by atoms with E-state index in [2.05, 4.69) is 54.0 Å². The first-order chi connectivity index (χ1) is 7.77. The molecule has 0 aliphatic rings. The molecule has 0 spiro atoms. The molecule has 0 aliphatic carbocycles. The van der Waals surface area contributed by atoms with Gasteiger partial charge in [-0.1, -0.05) is 41.6 Å². The van der Waals surface area contributed by atoms with E-state index in [1.54, 1.807) is 0 Å². The van der Waals surface area contributed by atoms with E-state index in [0.29, 0.717) is 0 Å². The molecular formula is C14H13NSi. The number of fused-ring (bicyclic) bond motifs is 3. The van der Waals surface area contributed by atoms with Crippen LogP contribution in [-0.2, 0) is 0 Å². The zero-order valence-corrected chi connectivity index (χ0v) is 11.2. The summed E-state index contributed by atoms with van der Waals surface area (Å²) in [7, 11) is 1.00. The molecule has 0 radical (unpaired) electrons. The van der Waals surface area contributed by atoms with E-state index < -0.39 is 0 Å². The van der Waals surface area contributed by atoms with E-state index in [0.717, 1.165) is 10.2 Å². The van der Waals surface area contributed by atoms with Gasteiger partial charge in [-0.15, -0.1) is 6.58 Å². The highest BCUT2D eigenvalue weighted by molar-refractivity contribution is 6.43. The second kappa shape index (κ2) is 3.35. The van der Waals surface area contributed by atoms with Gasteiger partial charge in [-0.05, 0) is 11.6 Å². The monoisotopic (exact) mass is 223 g/mol. The molecule has 0 saturated carbocycles. The third-order valence-corrected chi connectivity index (χ3v) is 3.54. The molecule has 0 atom stereocenters. The van der Waals surface area contributed by atoms with Gasteiger partial charge in [0.15, 0.2) is 0 Å². The van der Waals surface area contributed by atoms with Crippen LogP contribution in [-0.4, -0.2) is 15.2 Å². The normalized spacial score (nSPS) is 11.2. The van der Waals surface area contributed by atoms with Crippen molar-refractivity contribution in [2.45, 2.75) is 0 Å². The summed E-state index contributed by atoms with van der Waals surface area (Å²) in [5.74, 6) is 0. The van der Waals surface area contributed by atoms with Crippen molar-refractivity contribution >= 4 is 37.2 Å². The molecular weight excluding hydrogens is 210 g/mol. The van der Waals surface area contributed by atoms with Crippen molar-refractivity contribution in [1.82, 2.24) is 4.98 Å². The lowest BCUT2D eigenvalue weighted by Gasteiger charge is -2.01. The van der Waals surface area contributed by atoms with E-state index in [9.17, 15) is 0 Å². The average molecular weight is 223 g/mol. The van der Waals surface area contributed by atoms with Crippen LogP contribution in [0, 0.1) is 0 Å². The number of nitrogens with one attached hydrogen (secondary N) is 1. The Hall–Kier alpha value is -1.80. The highest BCUT2D eigenvalue weighted by atomic mass is 28.1. The summed E-state index contributed by atoms with van der Waals surface area (Å²) < 4.78 is 0. The van der Waals surface area contributed by atoms with E-state index >= 15 is 0 Å². The van der Waals surface area contributed by atoms with Crippen LogP contribution in [0.25, 0.3) is 27.0 Å². The first-order valence-corrected chi connectivity index (χ1v) is 6.42. The van der Waals surface area contributed by atoms with Crippen molar-refractivity contribution in [2.75, 3.05) is 0 Å². The Balaban J connectivity index is 2.54. The quantitative estimate of drug-likeness (QED) is 0.610. The Morgan fingerprint density at radius 3 is 2.56 bits per heavy atom. The van der Waals surface area contributed by atoms with Crippen LogP contribution in [0.1, 0.15) is 5.56 Å². The summed E-state index contributed by atoms with van der Waals surface area (Å²) in [4.78, 5) is 3.49. The molecule has 1 aromatic heterocycles. The molecule has 0 saturated heterocycles. The molecule has 0 fully saturated rings. The lowest BCUT2D eigenvalue weighted by molar-refractivity contribution is 1.53. The molecule has 1 nitrogen and oxygen atoms in total. The van der Waals surface area contributed by atoms with Crippen molar-refractivity contribution in [2.24, 2.45) is 0 Å². The minimum Gasteiger partial charge on any atom is -0.354 e. The van der Waals surface area contributed by atoms with Crippen molar-refractivity contribution in [3.63, 3.8) is 0 Å². The molecule has 2 heteroatoms. The fraction of sp³-hybridized carbons (Fsp3) is 0. The van der Waals surface area contributed by atoms with Gasteiger partial charge in [-0.2, -0.15) is 0 Å². The summed E-state index contributed by atoms with van der Waals surface area (Å²) in [5, 5.41) is 3.82. The molecule has 0 amide bonds. The highest BCUT2D eigenvalue weighted by Gasteiger charge is 2.06. The fourth-order valence-electron chi connectivity index (χ4n) is 2.23. The highest BCUT2D eigenvalue weighted by Crippen LogP contribution is 2.29. The SMILES string of the molecule is C=C([SiH3])c1cccc2c1[nH]c1ccccc12. The molecule has 0 aliphatic heterocycles. The molecule has 3 aromatic rings. The van der Waals surface area contributed by atoms with Crippen LogP contribution in [0.3, 0.4) is 0 Å². The predicted octanol–water partition coefficient (Wildman–Crippen LogP) is 2.66. The topological polar surface area (TPSA) is 15.8 Å². The standard InChI is InChI=1S/C14H13NSi/c1-9(16)10-6-4-7-12-11-5-2-3-8-13(11)15-14(10)12/h2-8,15H,1H2,16H3. The fourth-order valence-corrected chi connectivity index (χ4v) is 2.65. The number of hydrogen-bond donors (Lipinski definition) is 1. The largest absolute Gasteiger partial charge is 0.354 e. The van der Waals surface area contributed by atoms with Gasteiger partial charge in [-0.25, -0.2) is 0 Å². The maximum atomic E-state index is 4.09. The first kappa shape index (κ1) is 9.42. The lowest BCUT2D eigenvalue weighted by atomic mass is 10.1. The number of aromatic nitrogens is 1. The number of para-hydroxylation sites is 2. The summed E-state index contributed by atoms with van der Waals surface area (Å²) in [6.45, 7) is 4.09. The Bertz CT molecular complexity index is 694. The Morgan fingerprint density at radius 1 is 1.00 bits per heavy atom. The van der Waals surface area contributed by atoms with Crippen LogP contribution < -0.4 is 0 Å². The zero-order valence-electron chi connectivity index (χ0n) is 9.25. The Labute approximate surface area is 97.2 Å². The van der Waals surface area contributed by atoms with Crippen LogP contribution >= 0.6 is 0 Å². The van der Waals surface area contributed by atoms with Gasteiger partial charge in [0.05, 0.1) is 5.52 Å². The minimum absolute atomic E-state index is 1.00. The molecule has 16 heavy (non-hydrogen) atoms. The number of benzene rings is 2. The van der Waals surface area contributed by atoms with Gasteiger partial charge in [0.25, 0.3) is 0 Å². The van der Waals surface area contributed by atoms with Gasteiger partial charge < -0.3 is 4.98 Å². The smallest absolute Gasteiger partial charge is 0.0536 e. The average Bonchev–Trinajstić information content (AvgIpc) is 2.67. The van der Waals surface area contributed by atoms with E-state index in [1.165, 1.54) is 32.6 Å². The lowest BCUT2D eigenvalue weighted by Crippen LogP contribution is -1.83. The predicted molar refractivity (Wildman–Crippen MR) is 74.8 cm³/mol. The second-order valence-corrected chi connectivity index (χ2v) is 5.39. The molecule has 2 aromatic carbocycles. The van der Waals surface area contributed by atoms with Crippen LogP contribution in [0.4, 0.5) is 0 Å². The first-order valence-electron chi connectivity index (χ1n) is 5.42. The third kappa shape index (κ3) is 1.23. The number of rotatable bonds is 1. The van der Waals surface area contributed by atoms with Gasteiger partial charge >= 0.3 is 0 Å². The van der Waals surface area contributed by atoms with Crippen LogP contribution in [0.5, 0.6) is 0 Å². The summed E-state index contributed by atoms with van der Waals surface area (Å²) in [6, 6.07) is 14.9. The van der Waals surface area contributed by atoms with Gasteiger partial charge in [-0.3, -0.25) is 0 Å². The maximum Gasteiger partial charge on any atom is 0.0536 e. The number of H-pyrrole nitrogens is 1. The summed E-state index contributed by atoms with van der Waals surface area (Å²) in [6.07, 6.45) is 0. The summed E-state index contributed by atoms with van der Waals surface area (Å²) >= 11 is 0. The third-order valence-electron chi connectivity index (χ3n) is 3.00. The van der Waals surface area contributed by atoms with E-state index in [4.69, 9.17) is 0 Å². The second-order valence-electron chi connectivity index (χ2n) is 4.18. The molecule has 3 rings (SSSR count). The Kier molecular flexibility index (Phi) is 1.98. The molecule has 0 bridgehead atoms. The molecule has 1 N–H and O–H groups in total. The van der Waals surface area contributed by atoms with Gasteiger partial charge in [0.1, 0.15) is 0 Å². The summed E-state index contributed by atoms with van der Waals surface area (Å²) in [5.41, 5.74) is 3.69. The van der Waals surface area contributed by atoms with Gasteiger partial charge in [0.2, 0.25) is 0 Å². The zero-order chi connectivity index (χ0) is 11.1. The van der Waals surface area contributed by atoms with Crippen molar-refractivity contribution in [3.05, 3.63) is 54.6 Å². The van der Waals surface area contributed by atoms with Gasteiger partial charge in [0, 0.05) is 26.5 Å². The van der Waals surface area contributed by atoms with Crippen molar-refractivity contribution in [3.8, 4) is 0 Å². The minimum atomic E-state index is 1.00. The van der Waals surface area contributed by atoms with Crippen LogP contribution in [0.2, 0.25) is 0 Å². The Morgan fingerprint density at radius 2 is 1.75 bits per heavy atom. The molecule has 0 unspecified atom stereocenters. The van der Waals surface area contributed by atoms with Crippen LogP contribution in [0.15, 0.2) is 49.0 Å². The van der Waals surface area contributed by atoms with Crippen molar-refractivity contribution in [1.29, 1.82) is 0 Å².